The van der Waals surface area contributed by atoms with Crippen LogP contribution in [0, 0.1) is 6.92 Å². The van der Waals surface area contributed by atoms with Gasteiger partial charge in [0.15, 0.2) is 0 Å². The largest absolute Gasteiger partial charge is 0.369 e. The second kappa shape index (κ2) is 6.19. The number of hydrogen-bond acceptors (Lipinski definition) is 4. The molecular formula is C18H20ClN5O. The number of rotatable bonds is 2. The molecule has 3 heterocycles. The van der Waals surface area contributed by atoms with Gasteiger partial charge in [0.05, 0.1) is 22.9 Å². The summed E-state index contributed by atoms with van der Waals surface area (Å²) in [4.78, 5) is 18.8. The van der Waals surface area contributed by atoms with Crippen LogP contribution in [0.3, 0.4) is 0 Å². The summed E-state index contributed by atoms with van der Waals surface area (Å²) in [7, 11) is 1.61. The molecular weight excluding hydrogens is 338 g/mol. The zero-order chi connectivity index (χ0) is 17.6. The van der Waals surface area contributed by atoms with E-state index in [1.54, 1.807) is 13.2 Å². The van der Waals surface area contributed by atoms with Crippen LogP contribution in [0.1, 0.15) is 24.7 Å². The highest BCUT2D eigenvalue weighted by Crippen LogP contribution is 2.31. The Bertz CT molecular complexity index is 985. The first-order chi connectivity index (χ1) is 12.1. The van der Waals surface area contributed by atoms with Crippen LogP contribution in [0.5, 0.6) is 0 Å². The van der Waals surface area contributed by atoms with Crippen molar-refractivity contribution in [3.63, 3.8) is 0 Å². The Balaban J connectivity index is 1.58. The molecule has 1 fully saturated rings. The van der Waals surface area contributed by atoms with E-state index in [4.69, 9.17) is 11.6 Å². The maximum atomic E-state index is 12.0. The molecule has 1 aliphatic rings. The summed E-state index contributed by atoms with van der Waals surface area (Å²) >= 11 is 6.24. The molecule has 0 bridgehead atoms. The van der Waals surface area contributed by atoms with Crippen molar-refractivity contribution < 1.29 is 0 Å². The monoisotopic (exact) mass is 357 g/mol. The predicted octanol–water partition coefficient (Wildman–Crippen LogP) is 2.93. The van der Waals surface area contributed by atoms with Crippen molar-refractivity contribution in [2.24, 2.45) is 7.05 Å². The zero-order valence-corrected chi connectivity index (χ0v) is 15.1. The van der Waals surface area contributed by atoms with Crippen LogP contribution < -0.4 is 10.5 Å². The maximum Gasteiger partial charge on any atom is 0.287 e. The van der Waals surface area contributed by atoms with E-state index in [1.807, 2.05) is 6.07 Å². The van der Waals surface area contributed by atoms with Crippen LogP contribution in [-0.2, 0) is 7.05 Å². The molecule has 130 valence electrons. The van der Waals surface area contributed by atoms with Gasteiger partial charge in [-0.15, -0.1) is 0 Å². The number of nitrogens with zero attached hydrogens (tertiary/aromatic N) is 5. The number of halogens is 1. The molecule has 0 amide bonds. The highest BCUT2D eigenvalue weighted by atomic mass is 35.5. The number of aryl methyl sites for hydroxylation is 2. The summed E-state index contributed by atoms with van der Waals surface area (Å²) in [6.07, 6.45) is 3.64. The number of fused-ring (bicyclic) bond motifs is 1. The average Bonchev–Trinajstić information content (AvgIpc) is 2.96. The van der Waals surface area contributed by atoms with Gasteiger partial charge in [-0.1, -0.05) is 23.7 Å². The van der Waals surface area contributed by atoms with Crippen molar-refractivity contribution in [1.29, 1.82) is 0 Å². The Morgan fingerprint density at radius 1 is 1.20 bits per heavy atom. The molecule has 1 aliphatic heterocycles. The van der Waals surface area contributed by atoms with Gasteiger partial charge in [0.2, 0.25) is 0 Å². The minimum atomic E-state index is -0.252. The average molecular weight is 358 g/mol. The first-order valence-corrected chi connectivity index (χ1v) is 8.84. The lowest BCUT2D eigenvalue weighted by molar-refractivity contribution is 0.398. The summed E-state index contributed by atoms with van der Waals surface area (Å²) in [6.45, 7) is 3.74. The highest BCUT2D eigenvalue weighted by Gasteiger charge is 2.25. The van der Waals surface area contributed by atoms with Gasteiger partial charge in [-0.3, -0.25) is 4.79 Å². The van der Waals surface area contributed by atoms with E-state index < -0.39 is 0 Å². The van der Waals surface area contributed by atoms with Crippen molar-refractivity contribution >= 4 is 28.3 Å². The van der Waals surface area contributed by atoms with E-state index >= 15 is 0 Å². The normalized spacial score (nSPS) is 15.9. The number of para-hydroxylation sites is 2. The molecule has 3 aromatic rings. The lowest BCUT2D eigenvalue weighted by Crippen LogP contribution is -2.36. The van der Waals surface area contributed by atoms with Gasteiger partial charge in [0, 0.05) is 26.2 Å². The fourth-order valence-corrected chi connectivity index (χ4v) is 4.00. The predicted molar refractivity (Wildman–Crippen MR) is 99.4 cm³/mol. The molecule has 0 saturated carbocycles. The molecule has 2 aromatic heterocycles. The van der Waals surface area contributed by atoms with Crippen LogP contribution in [0.25, 0.3) is 11.0 Å². The summed E-state index contributed by atoms with van der Waals surface area (Å²) in [5, 5.41) is 4.35. The number of imidazole rings is 1. The van der Waals surface area contributed by atoms with E-state index in [0.717, 1.165) is 43.0 Å². The standard InChI is InChI=1S/C18H20ClN5O/c1-12-21-14-5-3-4-6-15(14)24(12)13-7-9-23(10-8-13)16-11-20-22(2)18(25)17(16)19/h3-6,11,13H,7-10H2,1-2H3. The quantitative estimate of drug-likeness (QED) is 0.707. The third-order valence-electron chi connectivity index (χ3n) is 5.00. The summed E-state index contributed by atoms with van der Waals surface area (Å²) < 4.78 is 3.61. The van der Waals surface area contributed by atoms with Crippen LogP contribution in [0.4, 0.5) is 5.69 Å². The van der Waals surface area contributed by atoms with E-state index in [0.29, 0.717) is 6.04 Å². The van der Waals surface area contributed by atoms with Crippen LogP contribution in [-0.4, -0.2) is 32.4 Å². The Morgan fingerprint density at radius 3 is 2.68 bits per heavy atom. The second-order valence-corrected chi connectivity index (χ2v) is 6.89. The van der Waals surface area contributed by atoms with E-state index in [-0.39, 0.29) is 10.6 Å². The summed E-state index contributed by atoms with van der Waals surface area (Å²) in [5.41, 5.74) is 2.71. The highest BCUT2D eigenvalue weighted by molar-refractivity contribution is 6.33. The van der Waals surface area contributed by atoms with Crippen molar-refractivity contribution in [3.05, 3.63) is 51.7 Å². The van der Waals surface area contributed by atoms with Crippen LogP contribution in [0.2, 0.25) is 5.02 Å². The van der Waals surface area contributed by atoms with Gasteiger partial charge < -0.3 is 9.47 Å². The van der Waals surface area contributed by atoms with E-state index in [9.17, 15) is 4.79 Å². The first kappa shape index (κ1) is 16.1. The van der Waals surface area contributed by atoms with Crippen LogP contribution in [0.15, 0.2) is 35.3 Å². The van der Waals surface area contributed by atoms with E-state index in [2.05, 4.69) is 44.7 Å². The number of anilines is 1. The van der Waals surface area contributed by atoms with Gasteiger partial charge in [-0.25, -0.2) is 9.67 Å². The number of piperidine rings is 1. The van der Waals surface area contributed by atoms with E-state index in [1.165, 1.54) is 10.2 Å². The van der Waals surface area contributed by atoms with Gasteiger partial charge in [0.25, 0.3) is 5.56 Å². The summed E-state index contributed by atoms with van der Waals surface area (Å²) in [6, 6.07) is 8.66. The third-order valence-corrected chi connectivity index (χ3v) is 5.36. The number of benzene rings is 1. The molecule has 0 atom stereocenters. The molecule has 1 saturated heterocycles. The molecule has 0 aliphatic carbocycles. The lowest BCUT2D eigenvalue weighted by Gasteiger charge is -2.35. The third kappa shape index (κ3) is 2.70. The van der Waals surface area contributed by atoms with Gasteiger partial charge in [-0.2, -0.15) is 5.10 Å². The maximum absolute atomic E-state index is 12.0. The Labute approximate surface area is 150 Å². The Morgan fingerprint density at radius 2 is 1.92 bits per heavy atom. The minimum Gasteiger partial charge on any atom is -0.369 e. The molecule has 0 spiro atoms. The van der Waals surface area contributed by atoms with Crippen molar-refractivity contribution in [2.75, 3.05) is 18.0 Å². The van der Waals surface area contributed by atoms with Gasteiger partial charge >= 0.3 is 0 Å². The van der Waals surface area contributed by atoms with Crippen LogP contribution >= 0.6 is 11.6 Å². The summed E-state index contributed by atoms with van der Waals surface area (Å²) in [5.74, 6) is 1.05. The Kier molecular flexibility index (Phi) is 4.00. The molecule has 6 nitrogen and oxygen atoms in total. The van der Waals surface area contributed by atoms with Crippen molar-refractivity contribution in [2.45, 2.75) is 25.8 Å². The van der Waals surface area contributed by atoms with Gasteiger partial charge in [0.1, 0.15) is 10.8 Å². The molecule has 0 unspecified atom stereocenters. The molecule has 25 heavy (non-hydrogen) atoms. The number of aromatic nitrogens is 4. The lowest BCUT2D eigenvalue weighted by atomic mass is 10.0. The first-order valence-electron chi connectivity index (χ1n) is 8.46. The topological polar surface area (TPSA) is 56.0 Å². The molecule has 7 heteroatoms. The Hall–Kier alpha value is -2.34. The SMILES string of the molecule is Cc1nc2ccccc2n1C1CCN(c2cnn(C)c(=O)c2Cl)CC1. The minimum absolute atomic E-state index is 0.250. The molecule has 0 N–H and O–H groups in total. The van der Waals surface area contributed by atoms with Crippen molar-refractivity contribution in [3.8, 4) is 0 Å². The zero-order valence-electron chi connectivity index (χ0n) is 14.3. The molecule has 4 rings (SSSR count). The fraction of sp³-hybridized carbons (Fsp3) is 0.389. The molecule has 0 radical (unpaired) electrons. The molecule has 1 aromatic carbocycles. The fourth-order valence-electron chi connectivity index (χ4n) is 3.71. The number of hydrogen-bond donors (Lipinski definition) is 0. The smallest absolute Gasteiger partial charge is 0.287 e. The van der Waals surface area contributed by atoms with Gasteiger partial charge in [-0.05, 0) is 31.9 Å². The van der Waals surface area contributed by atoms with Crippen molar-refractivity contribution in [1.82, 2.24) is 19.3 Å². The second-order valence-electron chi connectivity index (χ2n) is 6.51.